The zero-order valence-corrected chi connectivity index (χ0v) is 18.3. The van der Waals surface area contributed by atoms with Gasteiger partial charge in [-0.25, -0.2) is 14.6 Å². The van der Waals surface area contributed by atoms with Gasteiger partial charge >= 0.3 is 0 Å². The van der Waals surface area contributed by atoms with Gasteiger partial charge in [-0.05, 0) is 31.5 Å². The number of amides is 1. The van der Waals surface area contributed by atoms with Crippen molar-refractivity contribution in [2.75, 3.05) is 31.1 Å². The largest absolute Gasteiger partial charge is 0.351 e. The van der Waals surface area contributed by atoms with E-state index in [1.54, 1.807) is 11.0 Å². The average molecular weight is 428 g/mol. The molecule has 8 heteroatoms. The van der Waals surface area contributed by atoms with Crippen molar-refractivity contribution < 1.29 is 4.79 Å². The lowest BCUT2D eigenvalue weighted by Gasteiger charge is -2.35. The average Bonchev–Trinajstić information content (AvgIpc) is 3.22. The molecule has 32 heavy (non-hydrogen) atoms. The van der Waals surface area contributed by atoms with E-state index in [0.717, 1.165) is 28.1 Å². The molecule has 5 rings (SSSR count). The maximum atomic E-state index is 13.0. The van der Waals surface area contributed by atoms with Gasteiger partial charge in [-0.15, -0.1) is 5.10 Å². The van der Waals surface area contributed by atoms with Crippen LogP contribution in [-0.4, -0.2) is 61.9 Å². The van der Waals surface area contributed by atoms with Crippen molar-refractivity contribution in [1.82, 2.24) is 29.9 Å². The molecule has 0 saturated carbocycles. The molecule has 2 aromatic heterocycles. The number of hydrogen-bond acceptors (Lipinski definition) is 6. The van der Waals surface area contributed by atoms with E-state index in [9.17, 15) is 4.79 Å². The zero-order chi connectivity index (χ0) is 22.1. The van der Waals surface area contributed by atoms with E-state index >= 15 is 0 Å². The lowest BCUT2D eigenvalue weighted by Crippen LogP contribution is -2.49. The van der Waals surface area contributed by atoms with E-state index in [-0.39, 0.29) is 5.91 Å². The maximum Gasteiger partial charge on any atom is 0.253 e. The molecular formula is C24H25N7O. The smallest absolute Gasteiger partial charge is 0.253 e. The topological polar surface area (TPSA) is 80.0 Å². The standard InChI is InChI=1S/C24H25N7O/c1-17-12-18(2)14-20(13-17)24(32)30-10-8-29(9-11-30)22-21-23(26-16-25-22)31(28-27-21)15-19-6-4-3-5-7-19/h3-7,12-14,16H,8-11,15H2,1-2H3. The fourth-order valence-corrected chi connectivity index (χ4v) is 4.28. The van der Waals surface area contributed by atoms with Crippen LogP contribution in [-0.2, 0) is 6.54 Å². The van der Waals surface area contributed by atoms with Crippen LogP contribution in [0.25, 0.3) is 11.2 Å². The van der Waals surface area contributed by atoms with Crippen molar-refractivity contribution in [1.29, 1.82) is 0 Å². The van der Waals surface area contributed by atoms with Crippen LogP contribution in [0.3, 0.4) is 0 Å². The maximum absolute atomic E-state index is 13.0. The van der Waals surface area contributed by atoms with Crippen LogP contribution < -0.4 is 4.90 Å². The fraction of sp³-hybridized carbons (Fsp3) is 0.292. The molecule has 0 bridgehead atoms. The predicted molar refractivity (Wildman–Crippen MR) is 123 cm³/mol. The number of rotatable bonds is 4. The van der Waals surface area contributed by atoms with Gasteiger partial charge in [0.15, 0.2) is 17.0 Å². The first-order chi connectivity index (χ1) is 15.6. The first-order valence-corrected chi connectivity index (χ1v) is 10.8. The van der Waals surface area contributed by atoms with Gasteiger partial charge in [0.2, 0.25) is 0 Å². The van der Waals surface area contributed by atoms with Crippen LogP contribution in [0.15, 0.2) is 54.9 Å². The Morgan fingerprint density at radius 3 is 2.38 bits per heavy atom. The Morgan fingerprint density at radius 2 is 1.66 bits per heavy atom. The summed E-state index contributed by atoms with van der Waals surface area (Å²) < 4.78 is 1.80. The monoisotopic (exact) mass is 427 g/mol. The molecule has 0 unspecified atom stereocenters. The molecule has 1 aliphatic heterocycles. The van der Waals surface area contributed by atoms with Crippen LogP contribution in [0.2, 0.25) is 0 Å². The lowest BCUT2D eigenvalue weighted by molar-refractivity contribution is 0.0746. The summed E-state index contributed by atoms with van der Waals surface area (Å²) in [5.41, 5.74) is 5.51. The quantitative estimate of drug-likeness (QED) is 0.498. The van der Waals surface area contributed by atoms with Gasteiger partial charge in [0.05, 0.1) is 6.54 Å². The summed E-state index contributed by atoms with van der Waals surface area (Å²) in [6, 6.07) is 16.1. The van der Waals surface area contributed by atoms with Crippen LogP contribution in [0.5, 0.6) is 0 Å². The Balaban J connectivity index is 1.32. The van der Waals surface area contributed by atoms with Crippen LogP contribution >= 0.6 is 0 Å². The third-order valence-corrected chi connectivity index (χ3v) is 5.79. The molecule has 1 amide bonds. The second-order valence-corrected chi connectivity index (χ2v) is 8.26. The predicted octanol–water partition coefficient (Wildman–Crippen LogP) is 2.85. The van der Waals surface area contributed by atoms with Gasteiger partial charge in [-0.2, -0.15) is 0 Å². The number of aryl methyl sites for hydroxylation is 2. The second kappa shape index (κ2) is 8.37. The van der Waals surface area contributed by atoms with Crippen molar-refractivity contribution >= 4 is 22.9 Å². The number of benzene rings is 2. The van der Waals surface area contributed by atoms with Crippen molar-refractivity contribution in [3.05, 3.63) is 77.1 Å². The van der Waals surface area contributed by atoms with Crippen molar-refractivity contribution in [3.8, 4) is 0 Å². The summed E-state index contributed by atoms with van der Waals surface area (Å²) in [6.45, 7) is 7.29. The second-order valence-electron chi connectivity index (χ2n) is 8.26. The molecule has 1 aliphatic rings. The number of anilines is 1. The molecule has 0 radical (unpaired) electrons. The molecule has 1 saturated heterocycles. The minimum Gasteiger partial charge on any atom is -0.351 e. The van der Waals surface area contributed by atoms with Crippen molar-refractivity contribution in [3.63, 3.8) is 0 Å². The SMILES string of the molecule is Cc1cc(C)cc(C(=O)N2CCN(c3ncnc4c3nnn4Cc3ccccc3)CC2)c1. The Bertz CT molecular complexity index is 1240. The van der Waals surface area contributed by atoms with E-state index in [1.165, 1.54) is 0 Å². The number of nitrogens with zero attached hydrogens (tertiary/aromatic N) is 7. The minimum atomic E-state index is 0.0816. The molecule has 2 aromatic carbocycles. The number of hydrogen-bond donors (Lipinski definition) is 0. The van der Waals surface area contributed by atoms with Gasteiger partial charge < -0.3 is 9.80 Å². The molecule has 0 N–H and O–H groups in total. The van der Waals surface area contributed by atoms with Gasteiger partial charge in [-0.3, -0.25) is 4.79 Å². The van der Waals surface area contributed by atoms with Crippen molar-refractivity contribution in [2.45, 2.75) is 20.4 Å². The third-order valence-electron chi connectivity index (χ3n) is 5.79. The molecule has 1 fully saturated rings. The summed E-state index contributed by atoms with van der Waals surface area (Å²) in [6.07, 6.45) is 1.57. The Hall–Kier alpha value is -3.81. The summed E-state index contributed by atoms with van der Waals surface area (Å²) >= 11 is 0. The summed E-state index contributed by atoms with van der Waals surface area (Å²) in [5, 5.41) is 8.70. The van der Waals surface area contributed by atoms with Gasteiger partial charge in [-0.1, -0.05) is 52.7 Å². The van der Waals surface area contributed by atoms with Crippen LogP contribution in [0.4, 0.5) is 5.82 Å². The molecule has 3 heterocycles. The number of fused-ring (bicyclic) bond motifs is 1. The van der Waals surface area contributed by atoms with Gasteiger partial charge in [0, 0.05) is 31.7 Å². The highest BCUT2D eigenvalue weighted by atomic mass is 16.2. The van der Waals surface area contributed by atoms with E-state index in [0.29, 0.717) is 43.9 Å². The number of aromatic nitrogens is 5. The third kappa shape index (κ3) is 3.91. The Morgan fingerprint density at radius 1 is 0.938 bits per heavy atom. The highest BCUT2D eigenvalue weighted by Crippen LogP contribution is 2.23. The Labute approximate surface area is 186 Å². The molecule has 0 spiro atoms. The van der Waals surface area contributed by atoms with E-state index in [2.05, 4.69) is 43.4 Å². The highest BCUT2D eigenvalue weighted by molar-refractivity contribution is 5.95. The van der Waals surface area contributed by atoms with E-state index in [4.69, 9.17) is 0 Å². The van der Waals surface area contributed by atoms with Crippen molar-refractivity contribution in [2.24, 2.45) is 0 Å². The molecule has 8 nitrogen and oxygen atoms in total. The number of carbonyl (C=O) groups is 1. The minimum absolute atomic E-state index is 0.0816. The highest BCUT2D eigenvalue weighted by Gasteiger charge is 2.25. The summed E-state index contributed by atoms with van der Waals surface area (Å²) in [4.78, 5) is 26.0. The normalized spacial score (nSPS) is 14.2. The van der Waals surface area contributed by atoms with Crippen LogP contribution in [0, 0.1) is 13.8 Å². The van der Waals surface area contributed by atoms with Crippen LogP contribution in [0.1, 0.15) is 27.0 Å². The number of piperazine rings is 1. The molecule has 4 aromatic rings. The lowest BCUT2D eigenvalue weighted by atomic mass is 10.1. The number of carbonyl (C=O) groups excluding carboxylic acids is 1. The fourth-order valence-electron chi connectivity index (χ4n) is 4.28. The first-order valence-electron chi connectivity index (χ1n) is 10.8. The first kappa shape index (κ1) is 20.1. The van der Waals surface area contributed by atoms with E-state index in [1.807, 2.05) is 49.1 Å². The van der Waals surface area contributed by atoms with E-state index < -0.39 is 0 Å². The molecule has 162 valence electrons. The van der Waals surface area contributed by atoms with Gasteiger partial charge in [0.25, 0.3) is 5.91 Å². The molecular weight excluding hydrogens is 402 g/mol. The zero-order valence-electron chi connectivity index (χ0n) is 18.3. The van der Waals surface area contributed by atoms with Gasteiger partial charge in [0.1, 0.15) is 6.33 Å². The summed E-state index contributed by atoms with van der Waals surface area (Å²) in [7, 11) is 0. The Kier molecular flexibility index (Phi) is 5.26. The summed E-state index contributed by atoms with van der Waals surface area (Å²) in [5.74, 6) is 0.853. The molecule has 0 aliphatic carbocycles. The molecule has 0 atom stereocenters.